The second-order valence-corrected chi connectivity index (χ2v) is 4.04. The molecule has 0 amide bonds. The van der Waals surface area contributed by atoms with E-state index in [1.54, 1.807) is 31.4 Å². The van der Waals surface area contributed by atoms with E-state index in [1.807, 2.05) is 0 Å². The van der Waals surface area contributed by atoms with Gasteiger partial charge in [0.1, 0.15) is 12.4 Å². The van der Waals surface area contributed by atoms with Gasteiger partial charge in [0.05, 0.1) is 0 Å². The summed E-state index contributed by atoms with van der Waals surface area (Å²) in [6.45, 7) is 0.0717. The van der Waals surface area contributed by atoms with Crippen LogP contribution in [0.3, 0.4) is 0 Å². The highest BCUT2D eigenvalue weighted by Gasteiger charge is 2.32. The molecule has 7 heteroatoms. The van der Waals surface area contributed by atoms with Crippen molar-refractivity contribution in [1.29, 1.82) is 0 Å². The smallest absolute Gasteiger partial charge is 0.485 e. The third-order valence-electron chi connectivity index (χ3n) is 2.59. The van der Waals surface area contributed by atoms with Gasteiger partial charge in [-0.2, -0.15) is 0 Å². The van der Waals surface area contributed by atoms with Crippen molar-refractivity contribution in [3.05, 3.63) is 48.2 Å². The predicted molar refractivity (Wildman–Crippen MR) is 71.2 cm³/mol. The number of hydrogen-bond acceptors (Lipinski definition) is 4. The Labute approximate surface area is 119 Å². The van der Waals surface area contributed by atoms with Crippen LogP contribution in [0, 0.1) is 0 Å². The van der Waals surface area contributed by atoms with Gasteiger partial charge >= 0.3 is 6.36 Å². The van der Waals surface area contributed by atoms with Crippen LogP contribution in [0.15, 0.2) is 42.6 Å². The van der Waals surface area contributed by atoms with Gasteiger partial charge < -0.3 is 14.8 Å². The second kappa shape index (κ2) is 6.34. The van der Waals surface area contributed by atoms with Crippen molar-refractivity contribution < 1.29 is 22.6 Å². The molecule has 21 heavy (non-hydrogen) atoms. The van der Waals surface area contributed by atoms with Crippen molar-refractivity contribution in [3.63, 3.8) is 0 Å². The normalized spacial score (nSPS) is 11.0. The molecule has 0 fully saturated rings. The van der Waals surface area contributed by atoms with E-state index in [9.17, 15) is 13.2 Å². The molecule has 0 aliphatic heterocycles. The number of anilines is 1. The minimum absolute atomic E-state index is 0.0146. The molecule has 1 aromatic heterocycles. The van der Waals surface area contributed by atoms with E-state index in [0.717, 1.165) is 5.56 Å². The lowest BCUT2D eigenvalue weighted by atomic mass is 10.2. The highest BCUT2D eigenvalue weighted by atomic mass is 19.4. The summed E-state index contributed by atoms with van der Waals surface area (Å²) >= 11 is 0. The molecule has 0 atom stereocenters. The zero-order chi connectivity index (χ0) is 15.3. The van der Waals surface area contributed by atoms with Crippen LogP contribution >= 0.6 is 0 Å². The van der Waals surface area contributed by atoms with E-state index in [1.165, 1.54) is 18.2 Å². The molecule has 1 heterocycles. The summed E-state index contributed by atoms with van der Waals surface area (Å²) in [6, 6.07) is 9.11. The number of pyridine rings is 1. The van der Waals surface area contributed by atoms with Crippen LogP contribution < -0.4 is 14.8 Å². The first-order valence-corrected chi connectivity index (χ1v) is 6.09. The van der Waals surface area contributed by atoms with Crippen LogP contribution in [0.4, 0.5) is 19.0 Å². The van der Waals surface area contributed by atoms with Gasteiger partial charge in [0.25, 0.3) is 0 Å². The zero-order valence-corrected chi connectivity index (χ0v) is 11.1. The Morgan fingerprint density at radius 1 is 1.10 bits per heavy atom. The maximum absolute atomic E-state index is 12.3. The number of ether oxygens (including phenoxy) is 2. The lowest BCUT2D eigenvalue weighted by molar-refractivity contribution is -0.275. The van der Waals surface area contributed by atoms with Gasteiger partial charge in [0.15, 0.2) is 11.5 Å². The minimum Gasteiger partial charge on any atom is -0.485 e. The third-order valence-corrected chi connectivity index (χ3v) is 2.59. The van der Waals surface area contributed by atoms with Gasteiger partial charge in [-0.25, -0.2) is 4.98 Å². The molecule has 0 bridgehead atoms. The molecule has 0 unspecified atom stereocenters. The van der Waals surface area contributed by atoms with E-state index < -0.39 is 6.36 Å². The molecular formula is C14H13F3N2O2. The van der Waals surface area contributed by atoms with E-state index in [-0.39, 0.29) is 18.1 Å². The van der Waals surface area contributed by atoms with Gasteiger partial charge in [-0.05, 0) is 18.2 Å². The number of para-hydroxylation sites is 2. The highest BCUT2D eigenvalue weighted by molar-refractivity contribution is 5.44. The molecule has 0 aliphatic carbocycles. The molecule has 0 spiro atoms. The van der Waals surface area contributed by atoms with Crippen molar-refractivity contribution in [2.75, 3.05) is 12.4 Å². The van der Waals surface area contributed by atoms with E-state index in [0.29, 0.717) is 5.82 Å². The Bertz CT molecular complexity index is 603. The van der Waals surface area contributed by atoms with Gasteiger partial charge in [0.2, 0.25) is 0 Å². The molecular weight excluding hydrogens is 285 g/mol. The lowest BCUT2D eigenvalue weighted by Crippen LogP contribution is -2.17. The quantitative estimate of drug-likeness (QED) is 0.916. The van der Waals surface area contributed by atoms with Crippen LogP contribution in [-0.2, 0) is 6.61 Å². The molecule has 112 valence electrons. The highest BCUT2D eigenvalue weighted by Crippen LogP contribution is 2.32. The van der Waals surface area contributed by atoms with Crippen molar-refractivity contribution in [1.82, 2.24) is 4.98 Å². The summed E-state index contributed by atoms with van der Waals surface area (Å²) < 4.78 is 46.2. The summed E-state index contributed by atoms with van der Waals surface area (Å²) in [5.74, 6) is 0.243. The van der Waals surface area contributed by atoms with Crippen molar-refractivity contribution in [2.24, 2.45) is 0 Å². The van der Waals surface area contributed by atoms with E-state index in [2.05, 4.69) is 15.0 Å². The van der Waals surface area contributed by atoms with Gasteiger partial charge in [-0.3, -0.25) is 0 Å². The number of alkyl halides is 3. The summed E-state index contributed by atoms with van der Waals surface area (Å²) in [6.07, 6.45) is -3.15. The summed E-state index contributed by atoms with van der Waals surface area (Å²) in [7, 11) is 1.70. The molecule has 2 rings (SSSR count). The van der Waals surface area contributed by atoms with Crippen LogP contribution in [0.2, 0.25) is 0 Å². The Morgan fingerprint density at radius 3 is 2.48 bits per heavy atom. The minimum atomic E-state index is -4.76. The van der Waals surface area contributed by atoms with Crippen LogP contribution in [0.1, 0.15) is 5.56 Å². The van der Waals surface area contributed by atoms with E-state index in [4.69, 9.17) is 4.74 Å². The molecule has 4 nitrogen and oxygen atoms in total. The molecule has 1 N–H and O–H groups in total. The molecule has 0 saturated heterocycles. The molecule has 2 aromatic rings. The van der Waals surface area contributed by atoms with Crippen molar-refractivity contribution in [2.45, 2.75) is 13.0 Å². The average molecular weight is 298 g/mol. The maximum Gasteiger partial charge on any atom is 0.573 e. The Balaban J connectivity index is 2.13. The first-order valence-electron chi connectivity index (χ1n) is 6.09. The Kier molecular flexibility index (Phi) is 4.52. The Morgan fingerprint density at radius 2 is 1.81 bits per heavy atom. The molecule has 1 aromatic carbocycles. The van der Waals surface area contributed by atoms with Crippen LogP contribution in [0.25, 0.3) is 0 Å². The molecule has 0 saturated carbocycles. The molecule has 0 radical (unpaired) electrons. The second-order valence-electron chi connectivity index (χ2n) is 4.04. The number of nitrogens with zero attached hydrogens (tertiary/aromatic N) is 1. The van der Waals surface area contributed by atoms with Gasteiger partial charge in [-0.1, -0.05) is 18.2 Å². The number of benzene rings is 1. The van der Waals surface area contributed by atoms with Crippen LogP contribution in [0.5, 0.6) is 11.5 Å². The predicted octanol–water partition coefficient (Wildman–Crippen LogP) is 3.60. The zero-order valence-electron chi connectivity index (χ0n) is 11.1. The fourth-order valence-corrected chi connectivity index (χ4v) is 1.71. The van der Waals surface area contributed by atoms with Crippen molar-refractivity contribution >= 4 is 5.82 Å². The largest absolute Gasteiger partial charge is 0.573 e. The van der Waals surface area contributed by atoms with Crippen molar-refractivity contribution in [3.8, 4) is 11.5 Å². The number of halogens is 3. The van der Waals surface area contributed by atoms with Crippen LogP contribution in [-0.4, -0.2) is 18.4 Å². The van der Waals surface area contributed by atoms with Gasteiger partial charge in [0, 0.05) is 18.8 Å². The van der Waals surface area contributed by atoms with E-state index >= 15 is 0 Å². The summed E-state index contributed by atoms with van der Waals surface area (Å²) in [5.41, 5.74) is 0.724. The average Bonchev–Trinajstić information content (AvgIpc) is 2.45. The first kappa shape index (κ1) is 15.0. The topological polar surface area (TPSA) is 43.4 Å². The molecule has 0 aliphatic rings. The summed E-state index contributed by atoms with van der Waals surface area (Å²) in [5, 5.41) is 2.88. The number of rotatable bonds is 5. The maximum atomic E-state index is 12.3. The fraction of sp³-hybridized carbons (Fsp3) is 0.214. The number of aromatic nitrogens is 1. The van der Waals surface area contributed by atoms with Gasteiger partial charge in [-0.15, -0.1) is 13.2 Å². The lowest BCUT2D eigenvalue weighted by Gasteiger charge is -2.14. The monoisotopic (exact) mass is 298 g/mol. The first-order chi connectivity index (χ1) is 9.99. The third kappa shape index (κ3) is 4.27. The Hall–Kier alpha value is -2.44. The number of nitrogens with one attached hydrogen (secondary N) is 1. The fourth-order valence-electron chi connectivity index (χ4n) is 1.71. The summed E-state index contributed by atoms with van der Waals surface area (Å²) in [4.78, 5) is 4.09. The number of hydrogen-bond donors (Lipinski definition) is 1. The standard InChI is InChI=1S/C14H13F3N2O2/c1-18-13-10(5-4-8-19-13)9-20-11-6-2-3-7-12(11)21-14(15,16)17/h2-8H,9H2,1H3,(H,18,19). The SMILES string of the molecule is CNc1ncccc1COc1ccccc1OC(F)(F)F.